The fourth-order valence-corrected chi connectivity index (χ4v) is 2.30. The Bertz CT molecular complexity index is 389. The van der Waals surface area contributed by atoms with Crippen LogP contribution in [-0.4, -0.2) is 12.1 Å². The van der Waals surface area contributed by atoms with Crippen LogP contribution in [0.15, 0.2) is 18.2 Å². The number of nitrogens with two attached hydrogens (primary N) is 1. The average Bonchev–Trinajstić information content (AvgIpc) is 2.77. The third-order valence-corrected chi connectivity index (χ3v) is 3.44. The van der Waals surface area contributed by atoms with Crippen LogP contribution in [0.3, 0.4) is 0 Å². The van der Waals surface area contributed by atoms with E-state index in [1.165, 1.54) is 12.1 Å². The van der Waals surface area contributed by atoms with Gasteiger partial charge in [0, 0.05) is 18.2 Å². The molecule has 94 valence electrons. The molecule has 0 heterocycles. The van der Waals surface area contributed by atoms with Crippen molar-refractivity contribution in [1.29, 1.82) is 0 Å². The summed E-state index contributed by atoms with van der Waals surface area (Å²) in [5.41, 5.74) is 5.79. The molecule has 0 radical (unpaired) electrons. The zero-order chi connectivity index (χ0) is 12.3. The van der Waals surface area contributed by atoms with Gasteiger partial charge in [-0.15, -0.1) is 0 Å². The SMILES string of the molecule is NCC1(OCc2ccc(F)cc2F)CCCC1. The van der Waals surface area contributed by atoms with Crippen LogP contribution < -0.4 is 5.73 Å². The Morgan fingerprint density at radius 3 is 2.53 bits per heavy atom. The van der Waals surface area contributed by atoms with Gasteiger partial charge in [-0.2, -0.15) is 0 Å². The summed E-state index contributed by atoms with van der Waals surface area (Å²) in [4.78, 5) is 0. The fourth-order valence-electron chi connectivity index (χ4n) is 2.30. The maximum atomic E-state index is 13.4. The van der Waals surface area contributed by atoms with E-state index in [1.807, 2.05) is 0 Å². The molecule has 0 spiro atoms. The average molecular weight is 241 g/mol. The first-order valence-electron chi connectivity index (χ1n) is 5.93. The highest BCUT2D eigenvalue weighted by molar-refractivity contribution is 5.17. The van der Waals surface area contributed by atoms with Crippen molar-refractivity contribution in [2.75, 3.05) is 6.54 Å². The molecule has 0 unspecified atom stereocenters. The highest BCUT2D eigenvalue weighted by atomic mass is 19.1. The van der Waals surface area contributed by atoms with E-state index < -0.39 is 11.6 Å². The van der Waals surface area contributed by atoms with Crippen LogP contribution in [0.1, 0.15) is 31.2 Å². The number of hydrogen-bond acceptors (Lipinski definition) is 2. The molecule has 0 aromatic heterocycles. The molecule has 0 atom stereocenters. The van der Waals surface area contributed by atoms with E-state index in [9.17, 15) is 8.78 Å². The normalized spacial score (nSPS) is 18.5. The van der Waals surface area contributed by atoms with E-state index in [1.54, 1.807) is 0 Å². The summed E-state index contributed by atoms with van der Waals surface area (Å²) in [6.07, 6.45) is 4.05. The lowest BCUT2D eigenvalue weighted by Crippen LogP contribution is -2.37. The van der Waals surface area contributed by atoms with Crippen molar-refractivity contribution < 1.29 is 13.5 Å². The molecule has 0 saturated heterocycles. The predicted octanol–water partition coefficient (Wildman–Crippen LogP) is 2.75. The van der Waals surface area contributed by atoms with Crippen molar-refractivity contribution >= 4 is 0 Å². The molecule has 1 saturated carbocycles. The summed E-state index contributed by atoms with van der Waals surface area (Å²) in [5.74, 6) is -1.13. The van der Waals surface area contributed by atoms with E-state index >= 15 is 0 Å². The van der Waals surface area contributed by atoms with E-state index in [4.69, 9.17) is 10.5 Å². The van der Waals surface area contributed by atoms with Crippen molar-refractivity contribution in [3.05, 3.63) is 35.4 Å². The first-order valence-corrected chi connectivity index (χ1v) is 5.93. The first kappa shape index (κ1) is 12.5. The molecular weight excluding hydrogens is 224 g/mol. The lowest BCUT2D eigenvalue weighted by atomic mass is 10.0. The molecule has 1 aliphatic rings. The van der Waals surface area contributed by atoms with E-state index in [0.29, 0.717) is 12.1 Å². The van der Waals surface area contributed by atoms with Gasteiger partial charge in [0.1, 0.15) is 11.6 Å². The Kier molecular flexibility index (Phi) is 3.74. The molecule has 0 aliphatic heterocycles. The van der Waals surface area contributed by atoms with Crippen molar-refractivity contribution in [2.45, 2.75) is 37.9 Å². The standard InChI is InChI=1S/C13H17F2NO/c14-11-4-3-10(12(15)7-11)8-17-13(9-16)5-1-2-6-13/h3-4,7H,1-2,5-6,8-9,16H2. The minimum Gasteiger partial charge on any atom is -0.369 e. The molecule has 1 aromatic carbocycles. The van der Waals surface area contributed by atoms with Crippen LogP contribution in [0.4, 0.5) is 8.78 Å². The highest BCUT2D eigenvalue weighted by Crippen LogP contribution is 2.33. The Labute approximate surface area is 99.8 Å². The number of ether oxygens (including phenoxy) is 1. The van der Waals surface area contributed by atoms with Gasteiger partial charge in [-0.25, -0.2) is 8.78 Å². The molecule has 17 heavy (non-hydrogen) atoms. The van der Waals surface area contributed by atoms with Crippen LogP contribution in [-0.2, 0) is 11.3 Å². The molecule has 4 heteroatoms. The molecular formula is C13H17F2NO. The second kappa shape index (κ2) is 5.10. The lowest BCUT2D eigenvalue weighted by Gasteiger charge is -2.27. The quantitative estimate of drug-likeness (QED) is 0.879. The number of halogens is 2. The van der Waals surface area contributed by atoms with E-state index in [0.717, 1.165) is 31.7 Å². The Balaban J connectivity index is 2.01. The van der Waals surface area contributed by atoms with Crippen molar-refractivity contribution in [1.82, 2.24) is 0 Å². The molecule has 1 aromatic rings. The van der Waals surface area contributed by atoms with Gasteiger partial charge in [0.05, 0.1) is 12.2 Å². The summed E-state index contributed by atoms with van der Waals surface area (Å²) in [6, 6.07) is 3.54. The van der Waals surface area contributed by atoms with Gasteiger partial charge in [0.25, 0.3) is 0 Å². The zero-order valence-electron chi connectivity index (χ0n) is 9.72. The molecule has 2 rings (SSSR count). The summed E-state index contributed by atoms with van der Waals surface area (Å²) >= 11 is 0. The van der Waals surface area contributed by atoms with Crippen molar-refractivity contribution in [3.63, 3.8) is 0 Å². The maximum Gasteiger partial charge on any atom is 0.131 e. The van der Waals surface area contributed by atoms with E-state index in [-0.39, 0.29) is 12.2 Å². The number of hydrogen-bond donors (Lipinski definition) is 1. The Hall–Kier alpha value is -1.00. The fraction of sp³-hybridized carbons (Fsp3) is 0.538. The lowest BCUT2D eigenvalue weighted by molar-refractivity contribution is -0.0458. The van der Waals surface area contributed by atoms with Crippen LogP contribution in [0.5, 0.6) is 0 Å². The third-order valence-electron chi connectivity index (χ3n) is 3.44. The molecule has 0 bridgehead atoms. The van der Waals surface area contributed by atoms with E-state index in [2.05, 4.69) is 0 Å². The summed E-state index contributed by atoms with van der Waals surface area (Å²) in [5, 5.41) is 0. The summed E-state index contributed by atoms with van der Waals surface area (Å²) in [6.45, 7) is 0.610. The molecule has 1 fully saturated rings. The number of benzene rings is 1. The summed E-state index contributed by atoms with van der Waals surface area (Å²) < 4.78 is 31.9. The third kappa shape index (κ3) is 2.82. The second-order valence-corrected chi connectivity index (χ2v) is 4.62. The van der Waals surface area contributed by atoms with Gasteiger partial charge in [-0.3, -0.25) is 0 Å². The van der Waals surface area contributed by atoms with Gasteiger partial charge < -0.3 is 10.5 Å². The minimum absolute atomic E-state index is 0.156. The molecule has 2 nitrogen and oxygen atoms in total. The topological polar surface area (TPSA) is 35.2 Å². The largest absolute Gasteiger partial charge is 0.369 e. The Morgan fingerprint density at radius 1 is 1.24 bits per heavy atom. The number of rotatable bonds is 4. The Morgan fingerprint density at radius 2 is 1.94 bits per heavy atom. The molecule has 2 N–H and O–H groups in total. The molecule has 0 amide bonds. The zero-order valence-corrected chi connectivity index (χ0v) is 9.72. The highest BCUT2D eigenvalue weighted by Gasteiger charge is 2.33. The van der Waals surface area contributed by atoms with Crippen LogP contribution >= 0.6 is 0 Å². The first-order chi connectivity index (χ1) is 8.15. The van der Waals surface area contributed by atoms with Gasteiger partial charge in [-0.05, 0) is 18.9 Å². The van der Waals surface area contributed by atoms with Crippen molar-refractivity contribution in [2.24, 2.45) is 5.73 Å². The van der Waals surface area contributed by atoms with Crippen LogP contribution in [0, 0.1) is 11.6 Å². The van der Waals surface area contributed by atoms with Gasteiger partial charge >= 0.3 is 0 Å². The summed E-state index contributed by atoms with van der Waals surface area (Å²) in [7, 11) is 0. The maximum absolute atomic E-state index is 13.4. The van der Waals surface area contributed by atoms with Gasteiger partial charge in [0.2, 0.25) is 0 Å². The second-order valence-electron chi connectivity index (χ2n) is 4.62. The van der Waals surface area contributed by atoms with Crippen LogP contribution in [0.2, 0.25) is 0 Å². The van der Waals surface area contributed by atoms with Crippen LogP contribution in [0.25, 0.3) is 0 Å². The predicted molar refractivity (Wildman–Crippen MR) is 61.4 cm³/mol. The monoisotopic (exact) mass is 241 g/mol. The van der Waals surface area contributed by atoms with Gasteiger partial charge in [0.15, 0.2) is 0 Å². The molecule has 1 aliphatic carbocycles. The van der Waals surface area contributed by atoms with Crippen molar-refractivity contribution in [3.8, 4) is 0 Å². The van der Waals surface area contributed by atoms with Gasteiger partial charge in [-0.1, -0.05) is 18.9 Å². The minimum atomic E-state index is -0.569. The smallest absolute Gasteiger partial charge is 0.131 e.